The van der Waals surface area contributed by atoms with Gasteiger partial charge < -0.3 is 19.0 Å². The quantitative estimate of drug-likeness (QED) is 0.638. The van der Waals surface area contributed by atoms with Gasteiger partial charge in [0.2, 0.25) is 0 Å². The van der Waals surface area contributed by atoms with Gasteiger partial charge in [-0.15, -0.1) is 0 Å². The third kappa shape index (κ3) is 2.07. The second-order valence-corrected chi connectivity index (χ2v) is 11.2. The number of benzene rings is 1. The van der Waals surface area contributed by atoms with Gasteiger partial charge >= 0.3 is 0 Å². The summed E-state index contributed by atoms with van der Waals surface area (Å²) < 4.78 is 19.1. The van der Waals surface area contributed by atoms with Crippen molar-refractivity contribution in [3.63, 3.8) is 0 Å². The molecule has 2 saturated carbocycles. The number of carbonyl (C=O) groups excluding carboxylic acids is 1. The van der Waals surface area contributed by atoms with Gasteiger partial charge in [0, 0.05) is 43.0 Å². The molecule has 0 amide bonds. The molecule has 5 aliphatic carbocycles. The summed E-state index contributed by atoms with van der Waals surface area (Å²) in [5.74, 6) is 3.00. The fraction of sp³-hybridized carbons (Fsp3) is 0.667. The van der Waals surface area contributed by atoms with Gasteiger partial charge in [-0.1, -0.05) is 18.2 Å². The number of hydrogen-bond donors (Lipinski definition) is 0. The number of nitrogens with zero attached hydrogens (tertiary/aromatic N) is 1. The van der Waals surface area contributed by atoms with E-state index in [1.54, 1.807) is 21.1 Å². The fourth-order valence-corrected chi connectivity index (χ4v) is 8.65. The smallest absolute Gasteiger partial charge is 0.166 e. The van der Waals surface area contributed by atoms with E-state index >= 15 is 0 Å². The molecule has 0 N–H and O–H groups in total. The lowest BCUT2D eigenvalue weighted by Gasteiger charge is -2.71. The highest BCUT2D eigenvalue weighted by molar-refractivity contribution is 5.76. The molecule has 3 fully saturated rings. The maximum absolute atomic E-state index is 12.4. The summed E-state index contributed by atoms with van der Waals surface area (Å²) in [6.45, 7) is 4.05. The Balaban J connectivity index is 1.48. The average Bonchev–Trinajstić information content (AvgIpc) is 3.52. The molecule has 2 aliphatic heterocycles. The summed E-state index contributed by atoms with van der Waals surface area (Å²) in [4.78, 5) is 15.2. The van der Waals surface area contributed by atoms with Crippen LogP contribution in [-0.4, -0.2) is 55.7 Å². The lowest BCUT2D eigenvalue weighted by Crippen LogP contribution is -2.79. The van der Waals surface area contributed by atoms with E-state index in [1.165, 1.54) is 30.5 Å². The molecule has 2 heterocycles. The van der Waals surface area contributed by atoms with E-state index in [2.05, 4.69) is 29.2 Å². The molecule has 0 unspecified atom stereocenters. The molecular weight excluding hydrogens is 402 g/mol. The molecule has 0 radical (unpaired) electrons. The van der Waals surface area contributed by atoms with Crippen LogP contribution in [-0.2, 0) is 21.4 Å². The summed E-state index contributed by atoms with van der Waals surface area (Å²) in [5.41, 5.74) is 2.11. The minimum Gasteiger partial charge on any atom is -0.493 e. The summed E-state index contributed by atoms with van der Waals surface area (Å²) >= 11 is 0. The second-order valence-electron chi connectivity index (χ2n) is 11.2. The van der Waals surface area contributed by atoms with Crippen molar-refractivity contribution in [2.45, 2.75) is 68.6 Å². The molecule has 170 valence electrons. The summed E-state index contributed by atoms with van der Waals surface area (Å²) in [6.07, 6.45) is 11.1. The Morgan fingerprint density at radius 3 is 2.81 bits per heavy atom. The minimum atomic E-state index is -0.574. The number of methoxy groups -OCH3 is 2. The van der Waals surface area contributed by atoms with Crippen molar-refractivity contribution >= 4 is 5.78 Å². The van der Waals surface area contributed by atoms with E-state index in [9.17, 15) is 4.79 Å². The summed E-state index contributed by atoms with van der Waals surface area (Å²) in [7, 11) is 3.54. The molecule has 5 nitrogen and oxygen atoms in total. The topological polar surface area (TPSA) is 48.0 Å². The van der Waals surface area contributed by atoms with Crippen molar-refractivity contribution in [3.05, 3.63) is 35.4 Å². The van der Waals surface area contributed by atoms with Crippen molar-refractivity contribution in [2.75, 3.05) is 27.3 Å². The van der Waals surface area contributed by atoms with Crippen LogP contribution in [0.2, 0.25) is 0 Å². The van der Waals surface area contributed by atoms with E-state index in [1.807, 2.05) is 0 Å². The number of piperidine rings is 1. The van der Waals surface area contributed by atoms with Crippen LogP contribution in [0, 0.1) is 17.3 Å². The summed E-state index contributed by atoms with van der Waals surface area (Å²) in [5, 5.41) is 0. The third-order valence-corrected chi connectivity index (χ3v) is 9.98. The highest BCUT2D eigenvalue weighted by Gasteiger charge is 2.79. The third-order valence-electron chi connectivity index (χ3n) is 9.98. The maximum atomic E-state index is 12.4. The molecule has 1 aromatic carbocycles. The van der Waals surface area contributed by atoms with Gasteiger partial charge in [-0.2, -0.15) is 0 Å². The first-order valence-corrected chi connectivity index (χ1v) is 12.3. The first-order chi connectivity index (χ1) is 15.5. The average molecular weight is 436 g/mol. The van der Waals surface area contributed by atoms with E-state index in [0.717, 1.165) is 43.2 Å². The number of Topliss-reactive ketones (excluding diaryl/α,β-unsaturated/α-hetero) is 1. The van der Waals surface area contributed by atoms with Crippen LogP contribution in [0.15, 0.2) is 24.3 Å². The van der Waals surface area contributed by atoms with Crippen LogP contribution >= 0.6 is 0 Å². The number of ketones is 1. The van der Waals surface area contributed by atoms with Gasteiger partial charge in [-0.05, 0) is 63.1 Å². The number of ether oxygens (including phenoxy) is 3. The lowest BCUT2D eigenvalue weighted by atomic mass is 9.37. The zero-order valence-corrected chi connectivity index (χ0v) is 19.4. The Labute approximate surface area is 190 Å². The number of hydrogen-bond acceptors (Lipinski definition) is 5. The molecule has 6 atom stereocenters. The predicted molar refractivity (Wildman–Crippen MR) is 120 cm³/mol. The molecule has 1 saturated heterocycles. The van der Waals surface area contributed by atoms with Crippen molar-refractivity contribution in [3.8, 4) is 11.5 Å². The maximum Gasteiger partial charge on any atom is 0.166 e. The predicted octanol–water partition coefficient (Wildman–Crippen LogP) is 3.67. The zero-order valence-electron chi connectivity index (χ0n) is 19.4. The van der Waals surface area contributed by atoms with Crippen LogP contribution in [0.1, 0.15) is 50.2 Å². The van der Waals surface area contributed by atoms with E-state index in [-0.39, 0.29) is 28.6 Å². The lowest BCUT2D eigenvalue weighted by molar-refractivity contribution is -0.216. The van der Waals surface area contributed by atoms with Gasteiger partial charge in [0.15, 0.2) is 11.5 Å². The van der Waals surface area contributed by atoms with E-state index in [4.69, 9.17) is 14.2 Å². The van der Waals surface area contributed by atoms with Crippen molar-refractivity contribution < 1.29 is 19.0 Å². The van der Waals surface area contributed by atoms with Crippen LogP contribution in [0.5, 0.6) is 11.5 Å². The van der Waals surface area contributed by atoms with Crippen molar-refractivity contribution in [2.24, 2.45) is 17.3 Å². The van der Waals surface area contributed by atoms with Gasteiger partial charge in [0.25, 0.3) is 0 Å². The normalized spacial score (nSPS) is 42.5. The molecule has 2 spiro atoms. The zero-order chi connectivity index (χ0) is 21.9. The fourth-order valence-electron chi connectivity index (χ4n) is 8.65. The van der Waals surface area contributed by atoms with Crippen molar-refractivity contribution in [1.82, 2.24) is 4.90 Å². The molecule has 5 heteroatoms. The largest absolute Gasteiger partial charge is 0.493 e. The number of likely N-dealkylation sites (tertiary alicyclic amines) is 1. The van der Waals surface area contributed by atoms with Crippen molar-refractivity contribution in [1.29, 1.82) is 0 Å². The minimum absolute atomic E-state index is 0.0180. The van der Waals surface area contributed by atoms with Gasteiger partial charge in [-0.3, -0.25) is 4.90 Å². The van der Waals surface area contributed by atoms with E-state index < -0.39 is 5.60 Å². The van der Waals surface area contributed by atoms with Gasteiger partial charge in [0.1, 0.15) is 17.5 Å². The molecular formula is C27H33NO4. The monoisotopic (exact) mass is 435 g/mol. The number of fused-ring (bicyclic) bond motifs is 1. The van der Waals surface area contributed by atoms with Crippen LogP contribution in [0.25, 0.3) is 0 Å². The summed E-state index contributed by atoms with van der Waals surface area (Å²) in [6, 6.07) is 4.82. The Hall–Kier alpha value is -1.85. The first kappa shape index (κ1) is 19.6. The Morgan fingerprint density at radius 2 is 2.09 bits per heavy atom. The van der Waals surface area contributed by atoms with Crippen LogP contribution in [0.4, 0.5) is 0 Å². The van der Waals surface area contributed by atoms with E-state index in [0.29, 0.717) is 12.5 Å². The number of carbonyl (C=O) groups is 1. The van der Waals surface area contributed by atoms with Gasteiger partial charge in [0.05, 0.1) is 12.5 Å². The Morgan fingerprint density at radius 1 is 1.25 bits per heavy atom. The molecule has 32 heavy (non-hydrogen) atoms. The Bertz CT molecular complexity index is 1050. The van der Waals surface area contributed by atoms with Gasteiger partial charge in [-0.25, -0.2) is 0 Å². The number of rotatable bonds is 6. The standard InChI is InChI=1S/C27H33NO4/c1-16(29)12-19-14-25-8-9-27(19,31-3)24-26(25)10-11-28(15-17-4-5-17)21(25)13-18-6-7-20(30-2)23(32-24)22(18)26/h6-9,17,19,21,24H,4-5,10-15H2,1-3H3/t19-,21+,24+,25+,26-,27+/m0/s1. The molecule has 8 rings (SSSR count). The first-order valence-electron chi connectivity index (χ1n) is 12.3. The Kier molecular flexibility index (Phi) is 3.78. The molecule has 7 aliphatic rings. The highest BCUT2D eigenvalue weighted by Crippen LogP contribution is 2.75. The second kappa shape index (κ2) is 6.18. The molecule has 1 aromatic rings. The highest BCUT2D eigenvalue weighted by atomic mass is 16.6. The van der Waals surface area contributed by atoms with Crippen LogP contribution < -0.4 is 9.47 Å². The molecule has 0 aromatic heterocycles. The SMILES string of the molecule is COc1ccc2c3c1O[C@H]1[C@@]4(OC)C=C[C@@]5(C[C@@H]4CC(C)=O)[C@@H](C2)N(CC2CC2)CC[C@]315. The molecule has 4 bridgehead atoms. The van der Waals surface area contributed by atoms with Crippen LogP contribution in [0.3, 0.4) is 0 Å².